The number of nitrogens with one attached hydrogen (secondary N) is 1. The van der Waals surface area contributed by atoms with Crippen LogP contribution in [0.2, 0.25) is 0 Å². The Morgan fingerprint density at radius 3 is 2.88 bits per heavy atom. The number of rotatable bonds is 2. The molecule has 1 aromatic rings. The Morgan fingerprint density at radius 2 is 2.24 bits per heavy atom. The van der Waals surface area contributed by atoms with Gasteiger partial charge in [-0.3, -0.25) is 4.79 Å². The smallest absolute Gasteiger partial charge is 0.330 e. The minimum absolute atomic E-state index is 0.125. The summed E-state index contributed by atoms with van der Waals surface area (Å²) >= 11 is 0. The van der Waals surface area contributed by atoms with Gasteiger partial charge in [-0.25, -0.2) is 9.36 Å². The second kappa shape index (κ2) is 4.87. The van der Waals surface area contributed by atoms with Crippen molar-refractivity contribution in [1.29, 1.82) is 0 Å². The van der Waals surface area contributed by atoms with Crippen molar-refractivity contribution in [3.05, 3.63) is 33.1 Å². The Kier molecular flexibility index (Phi) is 3.47. The molecule has 0 amide bonds. The molecule has 1 aromatic heterocycles. The first-order valence-electron chi connectivity index (χ1n) is 6.09. The van der Waals surface area contributed by atoms with Crippen LogP contribution in [0.5, 0.6) is 0 Å². The van der Waals surface area contributed by atoms with E-state index < -0.39 is 11.9 Å². The van der Waals surface area contributed by atoms with Crippen molar-refractivity contribution >= 4 is 0 Å². The summed E-state index contributed by atoms with van der Waals surface area (Å²) in [6, 6.07) is 1.35. The average molecular weight is 238 g/mol. The standard InChI is InChI=1S/C12H18N2O3/c1-3-9-8(2)4-5-11(17-9)14-10(15)6-7-13-12(14)16/h6-9,11H,3-5H2,1-2H3,(H,13,16)/t8-,9+,11+/m0/s1. The highest BCUT2D eigenvalue weighted by molar-refractivity contribution is 4.86. The molecule has 0 spiro atoms. The molecule has 1 saturated heterocycles. The molecule has 17 heavy (non-hydrogen) atoms. The second-order valence-electron chi connectivity index (χ2n) is 4.58. The van der Waals surface area contributed by atoms with E-state index in [2.05, 4.69) is 18.8 Å². The minimum Gasteiger partial charge on any atom is -0.354 e. The lowest BCUT2D eigenvalue weighted by Gasteiger charge is -2.34. The fourth-order valence-electron chi connectivity index (χ4n) is 2.39. The molecule has 3 atom stereocenters. The molecule has 0 aliphatic carbocycles. The van der Waals surface area contributed by atoms with Crippen molar-refractivity contribution < 1.29 is 4.74 Å². The van der Waals surface area contributed by atoms with Gasteiger partial charge in [-0.1, -0.05) is 13.8 Å². The molecule has 5 heteroatoms. The Balaban J connectivity index is 2.30. The van der Waals surface area contributed by atoms with Gasteiger partial charge in [0.1, 0.15) is 6.23 Å². The Labute approximate surface area is 99.4 Å². The zero-order chi connectivity index (χ0) is 12.4. The van der Waals surface area contributed by atoms with Crippen molar-refractivity contribution in [2.24, 2.45) is 5.92 Å². The lowest BCUT2D eigenvalue weighted by molar-refractivity contribution is -0.118. The van der Waals surface area contributed by atoms with Crippen molar-refractivity contribution in [2.45, 2.75) is 45.4 Å². The van der Waals surface area contributed by atoms with Gasteiger partial charge in [0.15, 0.2) is 0 Å². The van der Waals surface area contributed by atoms with Gasteiger partial charge in [0.25, 0.3) is 5.56 Å². The number of hydrogen-bond donors (Lipinski definition) is 1. The van der Waals surface area contributed by atoms with Gasteiger partial charge in [-0.15, -0.1) is 0 Å². The topological polar surface area (TPSA) is 64.1 Å². The second-order valence-corrected chi connectivity index (χ2v) is 4.58. The quantitative estimate of drug-likeness (QED) is 0.843. The van der Waals surface area contributed by atoms with Crippen LogP contribution in [0.15, 0.2) is 21.9 Å². The van der Waals surface area contributed by atoms with E-state index in [1.807, 2.05) is 0 Å². The third kappa shape index (κ3) is 2.34. The number of nitrogens with zero attached hydrogens (tertiary/aromatic N) is 1. The summed E-state index contributed by atoms with van der Waals surface area (Å²) in [5.41, 5.74) is -0.699. The van der Waals surface area contributed by atoms with Crippen LogP contribution < -0.4 is 11.2 Å². The van der Waals surface area contributed by atoms with Gasteiger partial charge in [0.2, 0.25) is 0 Å². The van der Waals surface area contributed by atoms with Crippen LogP contribution in [-0.4, -0.2) is 15.7 Å². The maximum Gasteiger partial charge on any atom is 0.330 e. The summed E-state index contributed by atoms with van der Waals surface area (Å²) in [6.07, 6.45) is 3.66. The summed E-state index contributed by atoms with van der Waals surface area (Å²) in [5, 5.41) is 0. The summed E-state index contributed by atoms with van der Waals surface area (Å²) in [6.45, 7) is 4.20. The molecule has 0 radical (unpaired) electrons. The third-order valence-corrected chi connectivity index (χ3v) is 3.41. The minimum atomic E-state index is -0.423. The fourth-order valence-corrected chi connectivity index (χ4v) is 2.39. The summed E-state index contributed by atoms with van der Waals surface area (Å²) < 4.78 is 7.01. The Bertz CT molecular complexity index is 463. The Hall–Kier alpha value is -1.36. The van der Waals surface area contributed by atoms with Crippen LogP contribution in [0.4, 0.5) is 0 Å². The van der Waals surface area contributed by atoms with E-state index in [1.54, 1.807) is 0 Å². The van der Waals surface area contributed by atoms with Crippen LogP contribution in [-0.2, 0) is 4.74 Å². The molecule has 1 aliphatic heterocycles. The van der Waals surface area contributed by atoms with Crippen LogP contribution in [0.1, 0.15) is 39.3 Å². The van der Waals surface area contributed by atoms with Gasteiger partial charge in [0, 0.05) is 12.3 Å². The number of aromatic nitrogens is 2. The molecule has 0 bridgehead atoms. The predicted molar refractivity (Wildman–Crippen MR) is 63.9 cm³/mol. The number of aromatic amines is 1. The first-order valence-corrected chi connectivity index (χ1v) is 6.09. The van der Waals surface area contributed by atoms with Crippen molar-refractivity contribution in [2.75, 3.05) is 0 Å². The van der Waals surface area contributed by atoms with E-state index in [9.17, 15) is 9.59 Å². The molecule has 2 heterocycles. The van der Waals surface area contributed by atoms with Gasteiger partial charge >= 0.3 is 5.69 Å². The first-order chi connectivity index (χ1) is 8.13. The summed E-state index contributed by atoms with van der Waals surface area (Å²) in [4.78, 5) is 25.8. The molecule has 94 valence electrons. The SMILES string of the molecule is CC[C@H]1O[C@@H](n2c(=O)cc[nH]c2=O)CC[C@@H]1C. The summed E-state index contributed by atoms with van der Waals surface area (Å²) in [5.74, 6) is 0.481. The van der Waals surface area contributed by atoms with Gasteiger partial charge < -0.3 is 9.72 Å². The highest BCUT2D eigenvalue weighted by Gasteiger charge is 2.29. The molecule has 0 saturated carbocycles. The molecule has 1 N–H and O–H groups in total. The van der Waals surface area contributed by atoms with E-state index >= 15 is 0 Å². The first kappa shape index (κ1) is 12.1. The van der Waals surface area contributed by atoms with Crippen LogP contribution in [0.25, 0.3) is 0 Å². The van der Waals surface area contributed by atoms with Crippen LogP contribution in [0.3, 0.4) is 0 Å². The van der Waals surface area contributed by atoms with E-state index in [0.717, 1.165) is 12.8 Å². The van der Waals surface area contributed by atoms with Gasteiger partial charge in [-0.2, -0.15) is 0 Å². The van der Waals surface area contributed by atoms with Gasteiger partial charge in [-0.05, 0) is 25.2 Å². The van der Waals surface area contributed by atoms with Crippen LogP contribution in [0, 0.1) is 5.92 Å². The zero-order valence-corrected chi connectivity index (χ0v) is 10.2. The normalized spacial score (nSPS) is 29.2. The van der Waals surface area contributed by atoms with Gasteiger partial charge in [0.05, 0.1) is 6.10 Å². The maximum absolute atomic E-state index is 11.7. The van der Waals surface area contributed by atoms with Crippen LogP contribution >= 0.6 is 0 Å². The molecule has 2 rings (SSSR count). The predicted octanol–water partition coefficient (Wildman–Crippen LogP) is 1.26. The van der Waals surface area contributed by atoms with Crippen molar-refractivity contribution in [3.63, 3.8) is 0 Å². The lowest BCUT2D eigenvalue weighted by atomic mass is 9.93. The largest absolute Gasteiger partial charge is 0.354 e. The number of hydrogen-bond acceptors (Lipinski definition) is 3. The molecule has 5 nitrogen and oxygen atoms in total. The summed E-state index contributed by atoms with van der Waals surface area (Å²) in [7, 11) is 0. The maximum atomic E-state index is 11.7. The molecule has 1 aliphatic rings. The highest BCUT2D eigenvalue weighted by atomic mass is 16.5. The van der Waals surface area contributed by atoms with Crippen molar-refractivity contribution in [3.8, 4) is 0 Å². The number of H-pyrrole nitrogens is 1. The molecule has 0 aromatic carbocycles. The zero-order valence-electron chi connectivity index (χ0n) is 10.2. The van der Waals surface area contributed by atoms with Crippen molar-refractivity contribution in [1.82, 2.24) is 9.55 Å². The third-order valence-electron chi connectivity index (χ3n) is 3.41. The molecule has 1 fully saturated rings. The molecule has 0 unspecified atom stereocenters. The average Bonchev–Trinajstić information content (AvgIpc) is 2.31. The highest BCUT2D eigenvalue weighted by Crippen LogP contribution is 2.30. The van der Waals surface area contributed by atoms with E-state index in [0.29, 0.717) is 12.3 Å². The monoisotopic (exact) mass is 238 g/mol. The molecular formula is C12H18N2O3. The van der Waals surface area contributed by atoms with E-state index in [-0.39, 0.29) is 11.7 Å². The molecular weight excluding hydrogens is 220 g/mol. The van der Waals surface area contributed by atoms with E-state index in [4.69, 9.17) is 4.74 Å². The Morgan fingerprint density at radius 1 is 1.47 bits per heavy atom. The van der Waals surface area contributed by atoms with E-state index in [1.165, 1.54) is 16.8 Å². The fraction of sp³-hybridized carbons (Fsp3) is 0.667. The lowest BCUT2D eigenvalue weighted by Crippen LogP contribution is -2.42. The number of ether oxygens (including phenoxy) is 1.